The van der Waals surface area contributed by atoms with Gasteiger partial charge in [-0.3, -0.25) is 4.18 Å². The van der Waals surface area contributed by atoms with Crippen LogP contribution in [0.25, 0.3) is 0 Å². The topological polar surface area (TPSA) is 105 Å². The fourth-order valence-corrected chi connectivity index (χ4v) is 3.21. The first kappa shape index (κ1) is 19.9. The number of nitrogens with two attached hydrogens (primary N) is 1. The van der Waals surface area contributed by atoms with Crippen molar-refractivity contribution in [1.82, 2.24) is 0 Å². The molecule has 0 aromatic heterocycles. The second-order valence-corrected chi connectivity index (χ2v) is 7.18. The summed E-state index contributed by atoms with van der Waals surface area (Å²) in [7, 11) is -3.64. The maximum Gasteiger partial charge on any atom is 0.335 e. The summed E-state index contributed by atoms with van der Waals surface area (Å²) in [5.41, 5.74) is 6.63. The third-order valence-electron chi connectivity index (χ3n) is 3.70. The molecule has 7 nitrogen and oxygen atoms in total. The van der Waals surface area contributed by atoms with E-state index in [1.165, 1.54) is 0 Å². The van der Waals surface area contributed by atoms with Crippen molar-refractivity contribution in [3.63, 3.8) is 0 Å². The van der Waals surface area contributed by atoms with Crippen LogP contribution in [0.2, 0.25) is 0 Å². The van der Waals surface area contributed by atoms with Crippen LogP contribution in [-0.2, 0) is 28.6 Å². The molecule has 1 rings (SSSR count). The zero-order valence-electron chi connectivity index (χ0n) is 14.2. The van der Waals surface area contributed by atoms with Crippen molar-refractivity contribution in [1.29, 1.82) is 0 Å². The van der Waals surface area contributed by atoms with Crippen molar-refractivity contribution in [3.8, 4) is 0 Å². The number of carbonyl (C=O) groups excluding carboxylic acids is 1. The molecule has 0 aromatic rings. The molecule has 1 aliphatic carbocycles. The first-order chi connectivity index (χ1) is 10.7. The molecule has 2 atom stereocenters. The van der Waals surface area contributed by atoms with E-state index in [2.05, 4.69) is 0 Å². The quantitative estimate of drug-likeness (QED) is 0.522. The van der Waals surface area contributed by atoms with E-state index < -0.39 is 28.3 Å². The Hall–Kier alpha value is -1.12. The van der Waals surface area contributed by atoms with Crippen molar-refractivity contribution in [3.05, 3.63) is 11.3 Å². The van der Waals surface area contributed by atoms with Gasteiger partial charge < -0.3 is 15.2 Å². The lowest BCUT2D eigenvalue weighted by atomic mass is 9.91. The number of esters is 1. The highest BCUT2D eigenvalue weighted by atomic mass is 32.2. The summed E-state index contributed by atoms with van der Waals surface area (Å²) in [5, 5.41) is 0. The molecule has 0 heterocycles. The molecule has 0 fully saturated rings. The summed E-state index contributed by atoms with van der Waals surface area (Å²) in [6.07, 6.45) is 1.71. The molecule has 8 heteroatoms. The van der Waals surface area contributed by atoms with Crippen LogP contribution < -0.4 is 5.73 Å². The Morgan fingerprint density at radius 3 is 2.39 bits per heavy atom. The third kappa shape index (κ3) is 6.12. The molecule has 23 heavy (non-hydrogen) atoms. The van der Waals surface area contributed by atoms with E-state index in [0.717, 1.165) is 19.1 Å². The molecule has 2 unspecified atom stereocenters. The molecule has 0 aliphatic heterocycles. The van der Waals surface area contributed by atoms with Crippen LogP contribution in [0, 0.1) is 0 Å². The molecule has 0 spiro atoms. The average Bonchev–Trinajstić information content (AvgIpc) is 2.46. The van der Waals surface area contributed by atoms with Gasteiger partial charge in [0, 0.05) is 18.5 Å². The Kier molecular flexibility index (Phi) is 7.50. The minimum atomic E-state index is -3.64. The Bertz CT molecular complexity index is 538. The average molecular weight is 349 g/mol. The van der Waals surface area contributed by atoms with Gasteiger partial charge in [-0.05, 0) is 19.8 Å². The molecule has 134 valence electrons. The van der Waals surface area contributed by atoms with Gasteiger partial charge in [0.25, 0.3) is 10.1 Å². The van der Waals surface area contributed by atoms with E-state index in [4.69, 9.17) is 19.4 Å². The Balaban J connectivity index is 3.04. The van der Waals surface area contributed by atoms with Gasteiger partial charge in [0.1, 0.15) is 6.10 Å². The van der Waals surface area contributed by atoms with Gasteiger partial charge in [-0.2, -0.15) is 8.42 Å². The number of hydrogen-bond acceptors (Lipinski definition) is 7. The van der Waals surface area contributed by atoms with Crippen molar-refractivity contribution in [2.75, 3.05) is 12.9 Å². The highest BCUT2D eigenvalue weighted by molar-refractivity contribution is 7.86. The lowest BCUT2D eigenvalue weighted by Gasteiger charge is -2.32. The van der Waals surface area contributed by atoms with Crippen molar-refractivity contribution in [2.45, 2.75) is 64.8 Å². The SMILES string of the molecule is CCOC(=O)C1=C(N)C(OC(CC)CC)CC(OS(C)(=O)=O)C1. The smallest absolute Gasteiger partial charge is 0.335 e. The zero-order chi connectivity index (χ0) is 17.6. The number of carbonyl (C=O) groups is 1. The van der Waals surface area contributed by atoms with Crippen molar-refractivity contribution < 1.29 is 26.9 Å². The highest BCUT2D eigenvalue weighted by Gasteiger charge is 2.35. The summed E-state index contributed by atoms with van der Waals surface area (Å²) in [6, 6.07) is 0. The van der Waals surface area contributed by atoms with Crippen molar-refractivity contribution >= 4 is 16.1 Å². The fourth-order valence-electron chi connectivity index (χ4n) is 2.57. The van der Waals surface area contributed by atoms with E-state index in [9.17, 15) is 13.2 Å². The summed E-state index contributed by atoms with van der Waals surface area (Å²) in [4.78, 5) is 12.1. The minimum Gasteiger partial charge on any atom is -0.463 e. The maximum absolute atomic E-state index is 12.1. The highest BCUT2D eigenvalue weighted by Crippen LogP contribution is 2.30. The molecule has 0 bridgehead atoms. The summed E-state index contributed by atoms with van der Waals surface area (Å²) >= 11 is 0. The molecule has 1 aliphatic rings. The van der Waals surface area contributed by atoms with Crippen LogP contribution in [0.5, 0.6) is 0 Å². The molecular weight excluding hydrogens is 322 g/mol. The van der Waals surface area contributed by atoms with Gasteiger partial charge in [-0.15, -0.1) is 0 Å². The molecule has 0 saturated heterocycles. The summed E-state index contributed by atoms with van der Waals surface area (Å²) in [6.45, 7) is 5.90. The van der Waals surface area contributed by atoms with Crippen LogP contribution in [0.1, 0.15) is 46.5 Å². The first-order valence-electron chi connectivity index (χ1n) is 7.91. The van der Waals surface area contributed by atoms with Crippen molar-refractivity contribution in [2.24, 2.45) is 5.73 Å². The lowest BCUT2D eigenvalue weighted by molar-refractivity contribution is -0.139. The Morgan fingerprint density at radius 2 is 1.91 bits per heavy atom. The molecule has 2 N–H and O–H groups in total. The molecular formula is C15H27NO6S. The molecule has 0 saturated carbocycles. The zero-order valence-corrected chi connectivity index (χ0v) is 15.0. The van der Waals surface area contributed by atoms with Gasteiger partial charge in [-0.25, -0.2) is 4.79 Å². The van der Waals surface area contributed by atoms with E-state index in [1.54, 1.807) is 6.92 Å². The van der Waals surface area contributed by atoms with Crippen LogP contribution in [0.15, 0.2) is 11.3 Å². The van der Waals surface area contributed by atoms with Gasteiger partial charge in [-0.1, -0.05) is 13.8 Å². The largest absolute Gasteiger partial charge is 0.463 e. The molecule has 0 radical (unpaired) electrons. The Labute approximate surface area is 138 Å². The van der Waals surface area contributed by atoms with E-state index in [0.29, 0.717) is 5.70 Å². The Morgan fingerprint density at radius 1 is 1.30 bits per heavy atom. The second kappa shape index (κ2) is 8.65. The van der Waals surface area contributed by atoms with E-state index >= 15 is 0 Å². The van der Waals surface area contributed by atoms with Gasteiger partial charge >= 0.3 is 5.97 Å². The van der Waals surface area contributed by atoms with Gasteiger partial charge in [0.05, 0.1) is 30.6 Å². The van der Waals surface area contributed by atoms with Crippen LogP contribution in [0.3, 0.4) is 0 Å². The van der Waals surface area contributed by atoms with Gasteiger partial charge in [0.2, 0.25) is 0 Å². The monoisotopic (exact) mass is 349 g/mol. The number of hydrogen-bond donors (Lipinski definition) is 1. The predicted octanol–water partition coefficient (Wildman–Crippen LogP) is 1.47. The van der Waals surface area contributed by atoms with Crippen LogP contribution >= 0.6 is 0 Å². The summed E-state index contributed by atoms with van der Waals surface area (Å²) in [5.74, 6) is -0.551. The fraction of sp³-hybridized carbons (Fsp3) is 0.800. The number of ether oxygens (including phenoxy) is 2. The van der Waals surface area contributed by atoms with E-state index in [-0.39, 0.29) is 31.1 Å². The maximum atomic E-state index is 12.1. The minimum absolute atomic E-state index is 0.0148. The normalized spacial score (nSPS) is 22.5. The predicted molar refractivity (Wildman–Crippen MR) is 86.0 cm³/mol. The molecule has 0 amide bonds. The number of rotatable bonds is 8. The van der Waals surface area contributed by atoms with E-state index in [1.807, 2.05) is 13.8 Å². The van der Waals surface area contributed by atoms with Gasteiger partial charge in [0.15, 0.2) is 0 Å². The lowest BCUT2D eigenvalue weighted by Crippen LogP contribution is -2.39. The first-order valence-corrected chi connectivity index (χ1v) is 9.72. The standard InChI is InChI=1S/C15H27NO6S/c1-5-10(6-2)21-13-9-11(22-23(4,18)19)8-12(14(13)16)15(17)20-7-3/h10-11,13H,5-9,16H2,1-4H3. The van der Waals surface area contributed by atoms with Crippen LogP contribution in [0.4, 0.5) is 0 Å². The summed E-state index contributed by atoms with van der Waals surface area (Å²) < 4.78 is 38.8. The molecule has 0 aromatic carbocycles. The third-order valence-corrected chi connectivity index (χ3v) is 4.33. The second-order valence-electron chi connectivity index (χ2n) is 5.58. The van der Waals surface area contributed by atoms with Crippen LogP contribution in [-0.4, -0.2) is 45.6 Å².